The van der Waals surface area contributed by atoms with Gasteiger partial charge < -0.3 is 5.11 Å². The van der Waals surface area contributed by atoms with Gasteiger partial charge in [-0.25, -0.2) is 0 Å². The second-order valence-corrected chi connectivity index (χ2v) is 6.85. The molecule has 2 heteroatoms. The summed E-state index contributed by atoms with van der Waals surface area (Å²) in [6.07, 6.45) is 0.393. The van der Waals surface area contributed by atoms with Crippen LogP contribution in [0.5, 0.6) is 0 Å². The number of rotatable bonds is 5. The Bertz CT molecular complexity index is 657. The van der Waals surface area contributed by atoms with Gasteiger partial charge in [0.2, 0.25) is 0 Å². The average molecular weight is 311 g/mol. The van der Waals surface area contributed by atoms with E-state index in [0.717, 1.165) is 17.7 Å². The van der Waals surface area contributed by atoms with Gasteiger partial charge in [-0.1, -0.05) is 65.0 Å². The van der Waals surface area contributed by atoms with E-state index in [0.29, 0.717) is 5.92 Å². The highest BCUT2D eigenvalue weighted by atomic mass is 16.3. The largest absolute Gasteiger partial charge is 0.389 e. The summed E-state index contributed by atoms with van der Waals surface area (Å²) < 4.78 is 0. The maximum Gasteiger partial charge on any atom is 0.0785 e. The van der Waals surface area contributed by atoms with Gasteiger partial charge in [-0.05, 0) is 41.9 Å². The Morgan fingerprint density at radius 3 is 1.91 bits per heavy atom. The normalized spacial score (nSPS) is 12.9. The number of hydrogen-bond acceptors (Lipinski definition) is 2. The van der Waals surface area contributed by atoms with Crippen molar-refractivity contribution in [3.05, 3.63) is 52.8 Å². The second kappa shape index (κ2) is 7.27. The Hall–Kier alpha value is -1.67. The van der Waals surface area contributed by atoms with E-state index in [-0.39, 0.29) is 5.92 Å². The maximum absolute atomic E-state index is 10.5. The first-order valence-corrected chi connectivity index (χ1v) is 8.68. The molecule has 23 heavy (non-hydrogen) atoms. The SMILES string of the molecule is CCc1c(C(C)C)nc(C(C)C)c(C(C)O)c1-c1ccccc1. The fourth-order valence-electron chi connectivity index (χ4n) is 3.31. The second-order valence-electron chi connectivity index (χ2n) is 6.85. The Balaban J connectivity index is 2.93. The summed E-state index contributed by atoms with van der Waals surface area (Å²) >= 11 is 0. The minimum absolute atomic E-state index is 0.283. The molecule has 0 spiro atoms. The van der Waals surface area contributed by atoms with Crippen LogP contribution in [0.4, 0.5) is 0 Å². The van der Waals surface area contributed by atoms with Crippen LogP contribution < -0.4 is 0 Å². The highest BCUT2D eigenvalue weighted by molar-refractivity contribution is 5.73. The van der Waals surface area contributed by atoms with Gasteiger partial charge in [-0.15, -0.1) is 0 Å². The molecule has 124 valence electrons. The van der Waals surface area contributed by atoms with Gasteiger partial charge in [0.1, 0.15) is 0 Å². The third-order valence-electron chi connectivity index (χ3n) is 4.32. The molecule has 1 atom stereocenters. The summed E-state index contributed by atoms with van der Waals surface area (Å²) in [5, 5.41) is 10.5. The molecule has 0 amide bonds. The molecule has 0 bridgehead atoms. The lowest BCUT2D eigenvalue weighted by Crippen LogP contribution is -2.13. The van der Waals surface area contributed by atoms with E-state index in [1.807, 2.05) is 13.0 Å². The zero-order valence-electron chi connectivity index (χ0n) is 15.2. The summed E-state index contributed by atoms with van der Waals surface area (Å²) in [7, 11) is 0. The molecule has 0 fully saturated rings. The molecule has 1 unspecified atom stereocenters. The lowest BCUT2D eigenvalue weighted by Gasteiger charge is -2.25. The number of pyridine rings is 1. The monoisotopic (exact) mass is 311 g/mol. The molecular weight excluding hydrogens is 282 g/mol. The number of hydrogen-bond donors (Lipinski definition) is 1. The van der Waals surface area contributed by atoms with Gasteiger partial charge in [-0.2, -0.15) is 0 Å². The molecule has 0 saturated heterocycles. The minimum atomic E-state index is -0.526. The van der Waals surface area contributed by atoms with Crippen LogP contribution in [0.1, 0.15) is 82.0 Å². The van der Waals surface area contributed by atoms with Crippen molar-refractivity contribution in [3.8, 4) is 11.1 Å². The molecule has 1 aromatic carbocycles. The predicted molar refractivity (Wildman–Crippen MR) is 97.9 cm³/mol. The van der Waals surface area contributed by atoms with E-state index in [1.165, 1.54) is 22.4 Å². The average Bonchev–Trinajstić information content (AvgIpc) is 2.53. The molecule has 2 rings (SSSR count). The van der Waals surface area contributed by atoms with Crippen LogP contribution in [-0.2, 0) is 6.42 Å². The van der Waals surface area contributed by atoms with Gasteiger partial charge in [0.25, 0.3) is 0 Å². The molecule has 2 nitrogen and oxygen atoms in total. The number of aliphatic hydroxyl groups excluding tert-OH is 1. The van der Waals surface area contributed by atoms with Crippen LogP contribution in [0.3, 0.4) is 0 Å². The predicted octanol–water partition coefficient (Wildman–Crippen LogP) is 5.61. The molecular formula is C21H29NO. The minimum Gasteiger partial charge on any atom is -0.389 e. The zero-order chi connectivity index (χ0) is 17.1. The third kappa shape index (κ3) is 3.48. The standard InChI is InChI=1S/C21H29NO/c1-7-17-19(16-11-9-8-10-12-16)18(15(6)23)21(14(4)5)22-20(17)13(2)3/h8-15,23H,7H2,1-6H3. The quantitative estimate of drug-likeness (QED) is 0.778. The molecule has 1 heterocycles. The summed E-state index contributed by atoms with van der Waals surface area (Å²) in [6.45, 7) is 12.7. The first-order valence-electron chi connectivity index (χ1n) is 8.68. The van der Waals surface area contributed by atoms with Gasteiger partial charge in [-0.3, -0.25) is 4.98 Å². The van der Waals surface area contributed by atoms with Gasteiger partial charge in [0.05, 0.1) is 6.10 Å². The van der Waals surface area contributed by atoms with E-state index >= 15 is 0 Å². The van der Waals surface area contributed by atoms with Crippen LogP contribution in [0.15, 0.2) is 30.3 Å². The zero-order valence-corrected chi connectivity index (χ0v) is 15.2. The summed E-state index contributed by atoms with van der Waals surface area (Å²) in [4.78, 5) is 4.99. The summed E-state index contributed by atoms with van der Waals surface area (Å²) in [5.41, 5.74) is 6.81. The Kier molecular flexibility index (Phi) is 5.59. The molecule has 0 saturated carbocycles. The van der Waals surface area contributed by atoms with Crippen molar-refractivity contribution < 1.29 is 5.11 Å². The van der Waals surface area contributed by atoms with Gasteiger partial charge >= 0.3 is 0 Å². The highest BCUT2D eigenvalue weighted by Crippen LogP contribution is 2.39. The first-order chi connectivity index (χ1) is 10.9. The smallest absolute Gasteiger partial charge is 0.0785 e. The Labute approximate surface area is 140 Å². The van der Waals surface area contributed by atoms with E-state index in [2.05, 4.69) is 58.9 Å². The van der Waals surface area contributed by atoms with E-state index in [1.54, 1.807) is 0 Å². The fourth-order valence-corrected chi connectivity index (χ4v) is 3.31. The molecule has 2 aromatic rings. The molecule has 1 N–H and O–H groups in total. The summed E-state index contributed by atoms with van der Waals surface area (Å²) in [6, 6.07) is 10.4. The van der Waals surface area contributed by atoms with Crippen molar-refractivity contribution in [2.24, 2.45) is 0 Å². The fraction of sp³-hybridized carbons (Fsp3) is 0.476. The van der Waals surface area contributed by atoms with Gasteiger partial charge in [0.15, 0.2) is 0 Å². The van der Waals surface area contributed by atoms with Crippen molar-refractivity contribution >= 4 is 0 Å². The summed E-state index contributed by atoms with van der Waals surface area (Å²) in [5.74, 6) is 0.651. The topological polar surface area (TPSA) is 33.1 Å². The number of aliphatic hydroxyl groups is 1. The molecule has 0 aliphatic heterocycles. The molecule has 1 aromatic heterocycles. The van der Waals surface area contributed by atoms with Crippen molar-refractivity contribution in [3.63, 3.8) is 0 Å². The highest BCUT2D eigenvalue weighted by Gasteiger charge is 2.24. The van der Waals surface area contributed by atoms with E-state index < -0.39 is 6.10 Å². The van der Waals surface area contributed by atoms with Crippen molar-refractivity contribution in [2.45, 2.75) is 65.9 Å². The lowest BCUT2D eigenvalue weighted by molar-refractivity contribution is 0.197. The Morgan fingerprint density at radius 1 is 0.913 bits per heavy atom. The van der Waals surface area contributed by atoms with Crippen LogP contribution in [0, 0.1) is 0 Å². The van der Waals surface area contributed by atoms with Crippen molar-refractivity contribution in [1.29, 1.82) is 0 Å². The van der Waals surface area contributed by atoms with E-state index in [4.69, 9.17) is 4.98 Å². The lowest BCUT2D eigenvalue weighted by atomic mass is 9.84. The van der Waals surface area contributed by atoms with Crippen LogP contribution in [0.2, 0.25) is 0 Å². The molecule has 0 radical (unpaired) electrons. The number of nitrogens with zero attached hydrogens (tertiary/aromatic N) is 1. The maximum atomic E-state index is 10.5. The van der Waals surface area contributed by atoms with Crippen molar-refractivity contribution in [1.82, 2.24) is 4.98 Å². The van der Waals surface area contributed by atoms with E-state index in [9.17, 15) is 5.11 Å². The third-order valence-corrected chi connectivity index (χ3v) is 4.32. The Morgan fingerprint density at radius 2 is 1.48 bits per heavy atom. The van der Waals surface area contributed by atoms with Crippen LogP contribution >= 0.6 is 0 Å². The van der Waals surface area contributed by atoms with Crippen LogP contribution in [-0.4, -0.2) is 10.1 Å². The molecule has 0 aliphatic rings. The number of aromatic nitrogens is 1. The number of benzene rings is 1. The first kappa shape index (κ1) is 17.7. The molecule has 0 aliphatic carbocycles. The van der Waals surface area contributed by atoms with Gasteiger partial charge in [0, 0.05) is 17.0 Å². The van der Waals surface area contributed by atoms with Crippen molar-refractivity contribution in [2.75, 3.05) is 0 Å². The van der Waals surface area contributed by atoms with Crippen LogP contribution in [0.25, 0.3) is 11.1 Å².